The fourth-order valence-corrected chi connectivity index (χ4v) is 3.18. The minimum atomic E-state index is -0.480. The molecular formula is C16H19ClN4O2. The average molecular weight is 335 g/mol. The summed E-state index contributed by atoms with van der Waals surface area (Å²) in [5, 5.41) is 4.62. The van der Waals surface area contributed by atoms with E-state index in [1.54, 1.807) is 4.90 Å². The van der Waals surface area contributed by atoms with Gasteiger partial charge in [0.25, 0.3) is 0 Å². The molecular weight excluding hydrogens is 316 g/mol. The summed E-state index contributed by atoms with van der Waals surface area (Å²) in [5.41, 5.74) is 8.19. The number of carbonyl (C=O) groups excluding carboxylic acids is 2. The van der Waals surface area contributed by atoms with Crippen LogP contribution in [0, 0.1) is 6.92 Å². The van der Waals surface area contributed by atoms with Gasteiger partial charge >= 0.3 is 0 Å². The number of fused-ring (bicyclic) bond motifs is 1. The highest BCUT2D eigenvalue weighted by Crippen LogP contribution is 2.26. The summed E-state index contributed by atoms with van der Waals surface area (Å²) in [6.45, 7) is 3.40. The van der Waals surface area contributed by atoms with Crippen LogP contribution in [-0.4, -0.2) is 47.4 Å². The molecule has 1 aromatic carbocycles. The number of nitrogens with zero attached hydrogens (tertiary/aromatic N) is 1. The number of nitrogens with one attached hydrogen (secondary N) is 2. The smallest absolute Gasteiger partial charge is 0.236 e. The highest BCUT2D eigenvalue weighted by atomic mass is 35.5. The summed E-state index contributed by atoms with van der Waals surface area (Å²) in [6, 6.07) is 5.12. The Morgan fingerprint density at radius 1 is 1.43 bits per heavy atom. The van der Waals surface area contributed by atoms with E-state index in [0.29, 0.717) is 24.7 Å². The Morgan fingerprint density at radius 2 is 2.22 bits per heavy atom. The maximum Gasteiger partial charge on any atom is 0.236 e. The number of amides is 2. The van der Waals surface area contributed by atoms with Crippen LogP contribution in [0.1, 0.15) is 11.3 Å². The molecule has 1 saturated heterocycles. The first kappa shape index (κ1) is 15.8. The zero-order valence-electron chi connectivity index (χ0n) is 12.9. The van der Waals surface area contributed by atoms with Crippen molar-refractivity contribution in [2.45, 2.75) is 19.4 Å². The molecule has 2 heterocycles. The summed E-state index contributed by atoms with van der Waals surface area (Å²) in [6.07, 6.45) is 0.275. The van der Waals surface area contributed by atoms with E-state index < -0.39 is 11.9 Å². The first-order chi connectivity index (χ1) is 11.0. The molecule has 3 rings (SSSR count). The Kier molecular flexibility index (Phi) is 4.28. The number of carbonyl (C=O) groups is 2. The van der Waals surface area contributed by atoms with Crippen molar-refractivity contribution in [2.24, 2.45) is 5.73 Å². The van der Waals surface area contributed by atoms with Crippen molar-refractivity contribution in [3.05, 3.63) is 34.5 Å². The summed E-state index contributed by atoms with van der Waals surface area (Å²) in [5.74, 6) is -0.445. The molecule has 1 fully saturated rings. The second-order valence-corrected chi connectivity index (χ2v) is 6.28. The van der Waals surface area contributed by atoms with Crippen molar-refractivity contribution in [1.29, 1.82) is 0 Å². The third-order valence-electron chi connectivity index (χ3n) is 4.28. The number of benzene rings is 1. The van der Waals surface area contributed by atoms with Crippen molar-refractivity contribution < 1.29 is 9.59 Å². The monoisotopic (exact) mass is 334 g/mol. The van der Waals surface area contributed by atoms with Crippen molar-refractivity contribution in [2.75, 3.05) is 19.6 Å². The maximum absolute atomic E-state index is 12.6. The van der Waals surface area contributed by atoms with Gasteiger partial charge in [0.05, 0.1) is 6.42 Å². The molecule has 0 radical (unpaired) electrons. The van der Waals surface area contributed by atoms with Gasteiger partial charge < -0.3 is 20.9 Å². The standard InChI is InChI=1S/C16H19ClN4O2/c1-9-11(12-6-10(17)2-3-13(12)20-9)7-15(22)21-5-4-19-14(8-21)16(18)23/h2-3,6,14,19-20H,4-5,7-8H2,1H3,(H2,18,23)/t14-/m1/s1. The topological polar surface area (TPSA) is 91.2 Å². The predicted octanol–water partition coefficient (Wildman–Crippen LogP) is 0.958. The van der Waals surface area contributed by atoms with Gasteiger partial charge in [-0.25, -0.2) is 0 Å². The first-order valence-corrected chi connectivity index (χ1v) is 7.90. The van der Waals surface area contributed by atoms with E-state index in [2.05, 4.69) is 10.3 Å². The zero-order chi connectivity index (χ0) is 16.6. The second-order valence-electron chi connectivity index (χ2n) is 5.84. The number of hydrogen-bond donors (Lipinski definition) is 3. The molecule has 1 aromatic heterocycles. The molecule has 1 aliphatic heterocycles. The molecule has 23 heavy (non-hydrogen) atoms. The van der Waals surface area contributed by atoms with E-state index in [0.717, 1.165) is 22.2 Å². The van der Waals surface area contributed by atoms with E-state index >= 15 is 0 Å². The number of aromatic amines is 1. The SMILES string of the molecule is Cc1[nH]c2ccc(Cl)cc2c1CC(=O)N1CCN[C@@H](C(N)=O)C1. The van der Waals surface area contributed by atoms with Crippen molar-refractivity contribution in [3.63, 3.8) is 0 Å². The van der Waals surface area contributed by atoms with Crippen LogP contribution in [0.15, 0.2) is 18.2 Å². The Morgan fingerprint density at radius 3 is 2.96 bits per heavy atom. The number of nitrogens with two attached hydrogens (primary N) is 1. The van der Waals surface area contributed by atoms with Crippen LogP contribution in [0.25, 0.3) is 10.9 Å². The molecule has 0 unspecified atom stereocenters. The van der Waals surface area contributed by atoms with Crippen LogP contribution < -0.4 is 11.1 Å². The summed E-state index contributed by atoms with van der Waals surface area (Å²) in [7, 11) is 0. The van der Waals surface area contributed by atoms with E-state index in [9.17, 15) is 9.59 Å². The van der Waals surface area contributed by atoms with Gasteiger partial charge in [-0.15, -0.1) is 0 Å². The van der Waals surface area contributed by atoms with Crippen molar-refractivity contribution in [1.82, 2.24) is 15.2 Å². The lowest BCUT2D eigenvalue weighted by molar-refractivity contribution is -0.133. The first-order valence-electron chi connectivity index (χ1n) is 7.53. The Labute approximate surface area is 139 Å². The molecule has 4 N–H and O–H groups in total. The molecule has 0 bridgehead atoms. The van der Waals surface area contributed by atoms with Gasteiger partial charge in [-0.2, -0.15) is 0 Å². The molecule has 6 nitrogen and oxygen atoms in total. The van der Waals surface area contributed by atoms with Crippen molar-refractivity contribution >= 4 is 34.3 Å². The normalized spacial score (nSPS) is 18.3. The molecule has 122 valence electrons. The molecule has 7 heteroatoms. The minimum Gasteiger partial charge on any atom is -0.368 e. The Hall–Kier alpha value is -2.05. The number of aromatic nitrogens is 1. The number of piperazine rings is 1. The quantitative estimate of drug-likeness (QED) is 0.780. The van der Waals surface area contributed by atoms with E-state index in [1.807, 2.05) is 25.1 Å². The van der Waals surface area contributed by atoms with Gasteiger partial charge in [0.1, 0.15) is 6.04 Å². The fourth-order valence-electron chi connectivity index (χ4n) is 3.01. The number of aryl methyl sites for hydroxylation is 1. The number of rotatable bonds is 3. The highest BCUT2D eigenvalue weighted by molar-refractivity contribution is 6.31. The van der Waals surface area contributed by atoms with Crippen LogP contribution in [0.4, 0.5) is 0 Å². The largest absolute Gasteiger partial charge is 0.368 e. The average Bonchev–Trinajstić information content (AvgIpc) is 2.83. The molecule has 1 atom stereocenters. The zero-order valence-corrected chi connectivity index (χ0v) is 13.6. The van der Waals surface area contributed by atoms with Crippen LogP contribution in [0.5, 0.6) is 0 Å². The summed E-state index contributed by atoms with van der Waals surface area (Å²) >= 11 is 6.07. The van der Waals surface area contributed by atoms with Gasteiger partial charge in [-0.05, 0) is 30.7 Å². The van der Waals surface area contributed by atoms with Crippen LogP contribution in [0.2, 0.25) is 5.02 Å². The number of primary amides is 1. The third kappa shape index (κ3) is 3.18. The molecule has 0 spiro atoms. The Balaban J connectivity index is 1.81. The van der Waals surface area contributed by atoms with Gasteiger partial charge in [-0.3, -0.25) is 9.59 Å². The van der Waals surface area contributed by atoms with Gasteiger partial charge in [-0.1, -0.05) is 11.6 Å². The lowest BCUT2D eigenvalue weighted by Gasteiger charge is -2.32. The lowest BCUT2D eigenvalue weighted by Crippen LogP contribution is -2.57. The van der Waals surface area contributed by atoms with E-state index in [1.165, 1.54) is 0 Å². The van der Waals surface area contributed by atoms with Gasteiger partial charge in [0.2, 0.25) is 11.8 Å². The van der Waals surface area contributed by atoms with Crippen LogP contribution in [0.3, 0.4) is 0 Å². The second kappa shape index (κ2) is 6.22. The highest BCUT2D eigenvalue weighted by Gasteiger charge is 2.27. The minimum absolute atomic E-state index is 0.0123. The maximum atomic E-state index is 12.6. The number of hydrogen-bond acceptors (Lipinski definition) is 3. The van der Waals surface area contributed by atoms with Gasteiger partial charge in [0.15, 0.2) is 0 Å². The molecule has 0 aliphatic carbocycles. The molecule has 2 amide bonds. The third-order valence-corrected chi connectivity index (χ3v) is 4.52. The number of H-pyrrole nitrogens is 1. The molecule has 2 aromatic rings. The van der Waals surface area contributed by atoms with Crippen molar-refractivity contribution in [3.8, 4) is 0 Å². The summed E-state index contributed by atoms with van der Waals surface area (Å²) < 4.78 is 0. The fraction of sp³-hybridized carbons (Fsp3) is 0.375. The van der Waals surface area contributed by atoms with E-state index in [4.69, 9.17) is 17.3 Å². The summed E-state index contributed by atoms with van der Waals surface area (Å²) in [4.78, 5) is 28.9. The Bertz CT molecular complexity index is 771. The van der Waals surface area contributed by atoms with E-state index in [-0.39, 0.29) is 12.3 Å². The van der Waals surface area contributed by atoms with Crippen LogP contribution >= 0.6 is 11.6 Å². The number of halogens is 1. The molecule has 1 aliphatic rings. The van der Waals surface area contributed by atoms with Crippen LogP contribution in [-0.2, 0) is 16.0 Å². The lowest BCUT2D eigenvalue weighted by atomic mass is 10.1. The predicted molar refractivity (Wildman–Crippen MR) is 89.3 cm³/mol. The molecule has 0 saturated carbocycles. The van der Waals surface area contributed by atoms with Gasteiger partial charge in [0, 0.05) is 41.3 Å².